The van der Waals surface area contributed by atoms with Crippen LogP contribution in [-0.2, 0) is 16.1 Å². The van der Waals surface area contributed by atoms with Gasteiger partial charge in [-0.3, -0.25) is 10.1 Å². The van der Waals surface area contributed by atoms with Crippen LogP contribution in [0.5, 0.6) is 0 Å². The van der Waals surface area contributed by atoms with Gasteiger partial charge in [0.25, 0.3) is 0 Å². The van der Waals surface area contributed by atoms with Crippen LogP contribution in [0.25, 0.3) is 0 Å². The molecule has 0 atom stereocenters. The number of hydrogen-bond acceptors (Lipinski definition) is 6. The predicted octanol–water partition coefficient (Wildman–Crippen LogP) is 3.91. The van der Waals surface area contributed by atoms with Crippen molar-refractivity contribution in [1.29, 1.82) is 0 Å². The number of thiazole rings is 1. The van der Waals surface area contributed by atoms with Gasteiger partial charge >= 0.3 is 12.0 Å². The van der Waals surface area contributed by atoms with E-state index >= 15 is 0 Å². The van der Waals surface area contributed by atoms with E-state index in [1.807, 2.05) is 0 Å². The number of hydrogen-bond donors (Lipinski definition) is 2. The van der Waals surface area contributed by atoms with Gasteiger partial charge in [0, 0.05) is 29.7 Å². The minimum Gasteiger partial charge on any atom is -0.468 e. The summed E-state index contributed by atoms with van der Waals surface area (Å²) in [6.07, 6.45) is 13.6. The molecule has 0 aromatic carbocycles. The highest BCUT2D eigenvalue weighted by atomic mass is 32.1. The van der Waals surface area contributed by atoms with Crippen molar-refractivity contribution in [1.82, 2.24) is 15.2 Å². The van der Waals surface area contributed by atoms with Gasteiger partial charge in [0.15, 0.2) is 5.13 Å². The van der Waals surface area contributed by atoms with Gasteiger partial charge in [-0.2, -0.15) is 0 Å². The number of aromatic nitrogens is 1. The highest BCUT2D eigenvalue weighted by Crippen LogP contribution is 2.31. The van der Waals surface area contributed by atoms with Crippen molar-refractivity contribution < 1.29 is 14.3 Å². The normalized spacial score (nSPS) is 18.6. The number of ether oxygens (including phenoxy) is 1. The number of urea groups is 1. The molecule has 2 saturated carbocycles. The second-order valence-electron chi connectivity index (χ2n) is 7.73. The maximum atomic E-state index is 13.2. The first kappa shape index (κ1) is 21.0. The molecule has 1 aromatic heterocycles. The molecule has 8 heteroatoms. The Balaban J connectivity index is 1.59. The molecule has 1 heterocycles. The minimum atomic E-state index is -0.298. The maximum absolute atomic E-state index is 13.2. The fourth-order valence-electron chi connectivity index (χ4n) is 4.31. The maximum Gasteiger partial charge on any atom is 0.324 e. The number of nitrogens with one attached hydrogen (secondary N) is 2. The molecule has 156 valence electrons. The molecule has 2 aliphatic rings. The first-order valence-corrected chi connectivity index (χ1v) is 11.3. The molecule has 1 aromatic rings. The molecule has 2 aliphatic carbocycles. The second kappa shape index (κ2) is 10.8. The van der Waals surface area contributed by atoms with Crippen LogP contribution in [0, 0.1) is 0 Å². The average molecular weight is 409 g/mol. The Morgan fingerprint density at radius 3 is 2.29 bits per heavy atom. The van der Waals surface area contributed by atoms with Crippen molar-refractivity contribution in [2.45, 2.75) is 82.8 Å². The van der Waals surface area contributed by atoms with E-state index in [9.17, 15) is 9.59 Å². The zero-order chi connectivity index (χ0) is 19.8. The minimum absolute atomic E-state index is 0.00206. The number of amides is 2. The number of carbonyl (C=O) groups is 2. The number of carbonyl (C=O) groups excluding carboxylic acids is 2. The SMILES string of the molecule is COC(=O)CNCc1cnc(NC(=O)N(C2CCCCC2)C2CCCCC2)s1. The van der Waals surface area contributed by atoms with Crippen LogP contribution in [0.2, 0.25) is 0 Å². The summed E-state index contributed by atoms with van der Waals surface area (Å²) < 4.78 is 4.61. The summed E-state index contributed by atoms with van der Waals surface area (Å²) in [5.41, 5.74) is 0. The Bertz CT molecular complexity index is 621. The lowest BCUT2D eigenvalue weighted by Gasteiger charge is -2.41. The molecule has 2 N–H and O–H groups in total. The zero-order valence-corrected chi connectivity index (χ0v) is 17.6. The Labute approximate surface area is 171 Å². The standard InChI is InChI=1S/C20H32N4O3S/c1-27-18(25)14-21-12-17-13-22-19(28-17)23-20(26)24(15-8-4-2-5-9-15)16-10-6-3-7-11-16/h13,15-16,21H,2-12,14H2,1H3,(H,22,23,26). The van der Waals surface area contributed by atoms with Crippen molar-refractivity contribution in [2.75, 3.05) is 19.0 Å². The number of rotatable bonds is 7. The van der Waals surface area contributed by atoms with Gasteiger partial charge in [-0.05, 0) is 25.7 Å². The van der Waals surface area contributed by atoms with E-state index in [-0.39, 0.29) is 18.5 Å². The van der Waals surface area contributed by atoms with E-state index < -0.39 is 0 Å². The highest BCUT2D eigenvalue weighted by molar-refractivity contribution is 7.15. The van der Waals surface area contributed by atoms with Crippen molar-refractivity contribution in [2.24, 2.45) is 0 Å². The summed E-state index contributed by atoms with van der Waals surface area (Å²) in [7, 11) is 1.37. The number of nitrogens with zero attached hydrogens (tertiary/aromatic N) is 2. The summed E-state index contributed by atoms with van der Waals surface area (Å²) in [4.78, 5) is 31.8. The summed E-state index contributed by atoms with van der Waals surface area (Å²) in [6.45, 7) is 0.685. The number of esters is 1. The molecular formula is C20H32N4O3S. The average Bonchev–Trinajstić information content (AvgIpc) is 3.16. The smallest absolute Gasteiger partial charge is 0.324 e. The largest absolute Gasteiger partial charge is 0.468 e. The molecule has 0 saturated heterocycles. The third kappa shape index (κ3) is 5.91. The van der Waals surface area contributed by atoms with Gasteiger partial charge in [-0.25, -0.2) is 9.78 Å². The molecule has 2 amide bonds. The molecule has 0 radical (unpaired) electrons. The van der Waals surface area contributed by atoms with E-state index in [0.29, 0.717) is 23.8 Å². The van der Waals surface area contributed by atoms with E-state index in [1.165, 1.54) is 57.0 Å². The van der Waals surface area contributed by atoms with Crippen LogP contribution in [0.1, 0.15) is 69.1 Å². The molecule has 3 rings (SSSR count). The summed E-state index contributed by atoms with van der Waals surface area (Å²) in [6, 6.07) is 0.721. The number of methoxy groups -OCH3 is 1. The molecule has 2 fully saturated rings. The summed E-state index contributed by atoms with van der Waals surface area (Å²) >= 11 is 1.45. The summed E-state index contributed by atoms with van der Waals surface area (Å²) in [5.74, 6) is -0.298. The molecule has 28 heavy (non-hydrogen) atoms. The second-order valence-corrected chi connectivity index (χ2v) is 8.85. The fourth-order valence-corrected chi connectivity index (χ4v) is 5.08. The van der Waals surface area contributed by atoms with Crippen LogP contribution < -0.4 is 10.6 Å². The fraction of sp³-hybridized carbons (Fsp3) is 0.750. The first-order valence-electron chi connectivity index (χ1n) is 10.5. The van der Waals surface area contributed by atoms with E-state index in [4.69, 9.17) is 0 Å². The van der Waals surface area contributed by atoms with Crippen LogP contribution in [0.15, 0.2) is 6.20 Å². The van der Waals surface area contributed by atoms with Gasteiger partial charge < -0.3 is 15.0 Å². The molecule has 0 bridgehead atoms. The lowest BCUT2D eigenvalue weighted by atomic mass is 9.89. The third-order valence-corrected chi connectivity index (χ3v) is 6.65. The Morgan fingerprint density at radius 2 is 1.71 bits per heavy atom. The van der Waals surface area contributed by atoms with Crippen LogP contribution in [-0.4, -0.2) is 47.6 Å². The Kier molecular flexibility index (Phi) is 8.09. The zero-order valence-electron chi connectivity index (χ0n) is 16.7. The van der Waals surface area contributed by atoms with Crippen molar-refractivity contribution in [3.8, 4) is 0 Å². The van der Waals surface area contributed by atoms with E-state index in [1.54, 1.807) is 6.20 Å². The van der Waals surface area contributed by atoms with Gasteiger partial charge in [-0.15, -0.1) is 11.3 Å². The topological polar surface area (TPSA) is 83.6 Å². The van der Waals surface area contributed by atoms with E-state index in [0.717, 1.165) is 30.6 Å². The highest BCUT2D eigenvalue weighted by Gasteiger charge is 2.32. The lowest BCUT2D eigenvalue weighted by Crippen LogP contribution is -2.50. The quantitative estimate of drug-likeness (QED) is 0.669. The van der Waals surface area contributed by atoms with Crippen LogP contribution in [0.3, 0.4) is 0 Å². The van der Waals surface area contributed by atoms with Crippen LogP contribution >= 0.6 is 11.3 Å². The molecular weight excluding hydrogens is 376 g/mol. The molecule has 7 nitrogen and oxygen atoms in total. The monoisotopic (exact) mass is 408 g/mol. The molecule has 0 aliphatic heterocycles. The van der Waals surface area contributed by atoms with Crippen molar-refractivity contribution >= 4 is 28.5 Å². The van der Waals surface area contributed by atoms with Crippen molar-refractivity contribution in [3.05, 3.63) is 11.1 Å². The Hall–Kier alpha value is -1.67. The molecule has 0 unspecified atom stereocenters. The van der Waals surface area contributed by atoms with Crippen LogP contribution in [0.4, 0.5) is 9.93 Å². The third-order valence-electron chi connectivity index (χ3n) is 5.73. The van der Waals surface area contributed by atoms with Crippen molar-refractivity contribution in [3.63, 3.8) is 0 Å². The van der Waals surface area contributed by atoms with Gasteiger partial charge in [0.1, 0.15) is 0 Å². The molecule has 0 spiro atoms. The predicted molar refractivity (Wildman–Crippen MR) is 110 cm³/mol. The Morgan fingerprint density at radius 1 is 1.11 bits per heavy atom. The first-order chi connectivity index (χ1) is 13.7. The van der Waals surface area contributed by atoms with Gasteiger partial charge in [0.05, 0.1) is 13.7 Å². The van der Waals surface area contributed by atoms with Gasteiger partial charge in [-0.1, -0.05) is 38.5 Å². The number of anilines is 1. The van der Waals surface area contributed by atoms with E-state index in [2.05, 4.69) is 25.3 Å². The summed E-state index contributed by atoms with van der Waals surface area (Å²) in [5, 5.41) is 6.68. The lowest BCUT2D eigenvalue weighted by molar-refractivity contribution is -0.139. The van der Waals surface area contributed by atoms with Gasteiger partial charge in [0.2, 0.25) is 0 Å².